The fraction of sp³-hybridized carbons (Fsp3) is 0.294. The highest BCUT2D eigenvalue weighted by Gasteiger charge is 2.30. The predicted octanol–water partition coefficient (Wildman–Crippen LogP) is 4.26. The van der Waals surface area contributed by atoms with E-state index in [0.717, 1.165) is 30.0 Å². The Balaban J connectivity index is 1.83. The van der Waals surface area contributed by atoms with E-state index in [9.17, 15) is 18.0 Å². The van der Waals surface area contributed by atoms with Gasteiger partial charge in [0.05, 0.1) is 28.7 Å². The third-order valence-electron chi connectivity index (χ3n) is 3.82. The Hall–Kier alpha value is -2.75. The van der Waals surface area contributed by atoms with Crippen molar-refractivity contribution < 1.29 is 18.0 Å². The average Bonchev–Trinajstić information content (AvgIpc) is 3.21. The van der Waals surface area contributed by atoms with E-state index in [2.05, 4.69) is 20.6 Å². The number of carbonyl (C=O) groups excluding carboxylic acids is 1. The summed E-state index contributed by atoms with van der Waals surface area (Å²) < 4.78 is 40.0. The molecule has 0 aliphatic rings. The topological polar surface area (TPSA) is 72.7 Å². The maximum absolute atomic E-state index is 12.9. The molecule has 0 aliphatic carbocycles. The van der Waals surface area contributed by atoms with E-state index in [1.165, 1.54) is 34.3 Å². The monoisotopic (exact) mass is 395 g/mol. The number of aromatic nitrogens is 4. The molecule has 1 N–H and O–H groups in total. The van der Waals surface area contributed by atoms with E-state index in [-0.39, 0.29) is 11.3 Å². The van der Waals surface area contributed by atoms with Crippen LogP contribution in [0.3, 0.4) is 0 Å². The highest BCUT2D eigenvalue weighted by atomic mass is 32.1. The van der Waals surface area contributed by atoms with E-state index >= 15 is 0 Å². The van der Waals surface area contributed by atoms with E-state index in [1.54, 1.807) is 6.92 Å². The second-order valence-electron chi connectivity index (χ2n) is 5.81. The van der Waals surface area contributed by atoms with Crippen molar-refractivity contribution in [3.8, 4) is 5.69 Å². The molecular weight excluding hydrogens is 379 g/mol. The number of benzene rings is 1. The summed E-state index contributed by atoms with van der Waals surface area (Å²) in [4.78, 5) is 12.5. The minimum atomic E-state index is -4.45. The first kappa shape index (κ1) is 19.0. The molecule has 3 rings (SSSR count). The Labute approximate surface area is 157 Å². The summed E-state index contributed by atoms with van der Waals surface area (Å²) >= 11 is 1.29. The van der Waals surface area contributed by atoms with Crippen molar-refractivity contribution >= 4 is 22.4 Å². The molecule has 1 aromatic carbocycles. The zero-order chi connectivity index (χ0) is 19.6. The molecule has 27 heavy (non-hydrogen) atoms. The molecule has 0 saturated heterocycles. The van der Waals surface area contributed by atoms with Gasteiger partial charge in [-0.1, -0.05) is 24.3 Å². The quantitative estimate of drug-likeness (QED) is 0.701. The highest BCUT2D eigenvalue weighted by molar-refractivity contribution is 7.15. The lowest BCUT2D eigenvalue weighted by molar-refractivity contribution is -0.137. The smallest absolute Gasteiger partial charge is 0.296 e. The van der Waals surface area contributed by atoms with Gasteiger partial charge in [-0.25, -0.2) is 4.68 Å². The number of nitrogens with one attached hydrogen (secondary N) is 1. The molecule has 10 heteroatoms. The molecule has 0 atom stereocenters. The molecular formula is C17H16F3N5OS. The summed E-state index contributed by atoms with van der Waals surface area (Å²) in [7, 11) is 0. The van der Waals surface area contributed by atoms with Gasteiger partial charge in [0, 0.05) is 6.42 Å². The van der Waals surface area contributed by atoms with Gasteiger partial charge in [-0.3, -0.25) is 10.1 Å². The van der Waals surface area contributed by atoms with Crippen LogP contribution in [0.4, 0.5) is 18.3 Å². The Morgan fingerprint density at radius 1 is 1.30 bits per heavy atom. The van der Waals surface area contributed by atoms with Crippen molar-refractivity contribution in [2.45, 2.75) is 32.9 Å². The SMILES string of the molecule is CCCc1nnc(NC(=O)c2cnn(-c3cccc(C(F)(F)F)c3)c2C)s1. The van der Waals surface area contributed by atoms with E-state index in [1.807, 2.05) is 6.92 Å². The maximum Gasteiger partial charge on any atom is 0.416 e. The third kappa shape index (κ3) is 4.16. The standard InChI is InChI=1S/C17H16F3N5OS/c1-3-5-14-23-24-16(27-14)22-15(26)13-9-21-25(10(13)2)12-7-4-6-11(8-12)17(18,19)20/h4,6-9H,3,5H2,1-2H3,(H,22,24,26). The lowest BCUT2D eigenvalue weighted by Crippen LogP contribution is -2.13. The van der Waals surface area contributed by atoms with Crippen LogP contribution in [0, 0.1) is 6.92 Å². The number of halogens is 3. The van der Waals surface area contributed by atoms with Crippen LogP contribution in [0.5, 0.6) is 0 Å². The number of amides is 1. The number of hydrogen-bond acceptors (Lipinski definition) is 5. The fourth-order valence-electron chi connectivity index (χ4n) is 2.49. The average molecular weight is 395 g/mol. The molecule has 0 unspecified atom stereocenters. The first-order valence-electron chi connectivity index (χ1n) is 8.15. The van der Waals surface area contributed by atoms with Gasteiger partial charge < -0.3 is 0 Å². The molecule has 0 fully saturated rings. The van der Waals surface area contributed by atoms with E-state index < -0.39 is 17.6 Å². The van der Waals surface area contributed by atoms with Crippen LogP contribution < -0.4 is 5.32 Å². The number of nitrogens with zero attached hydrogens (tertiary/aromatic N) is 4. The van der Waals surface area contributed by atoms with Crippen LogP contribution >= 0.6 is 11.3 Å². The molecule has 6 nitrogen and oxygen atoms in total. The van der Waals surface area contributed by atoms with Crippen molar-refractivity contribution in [1.82, 2.24) is 20.0 Å². The van der Waals surface area contributed by atoms with Crippen LogP contribution in [0.1, 0.15) is 40.0 Å². The number of aryl methyl sites for hydroxylation is 1. The van der Waals surface area contributed by atoms with Crippen LogP contribution in [-0.4, -0.2) is 25.9 Å². The lowest BCUT2D eigenvalue weighted by Gasteiger charge is -2.10. The Bertz CT molecular complexity index is 964. The zero-order valence-corrected chi connectivity index (χ0v) is 15.4. The molecule has 2 heterocycles. The van der Waals surface area contributed by atoms with E-state index in [0.29, 0.717) is 10.8 Å². The molecule has 0 saturated carbocycles. The summed E-state index contributed by atoms with van der Waals surface area (Å²) in [5.41, 5.74) is 0.116. The first-order valence-corrected chi connectivity index (χ1v) is 8.97. The lowest BCUT2D eigenvalue weighted by atomic mass is 10.2. The predicted molar refractivity (Wildman–Crippen MR) is 95.2 cm³/mol. The molecule has 3 aromatic rings. The molecule has 2 aromatic heterocycles. The summed E-state index contributed by atoms with van der Waals surface area (Å²) in [6, 6.07) is 4.77. The molecule has 0 aliphatic heterocycles. The van der Waals surface area contributed by atoms with Gasteiger partial charge in [-0.05, 0) is 31.5 Å². The minimum Gasteiger partial charge on any atom is -0.296 e. The van der Waals surface area contributed by atoms with Crippen LogP contribution in [0.15, 0.2) is 30.5 Å². The summed E-state index contributed by atoms with van der Waals surface area (Å²) in [6.45, 7) is 3.63. The van der Waals surface area contributed by atoms with Crippen LogP contribution in [0.2, 0.25) is 0 Å². The van der Waals surface area contributed by atoms with Crippen molar-refractivity contribution in [3.63, 3.8) is 0 Å². The minimum absolute atomic E-state index is 0.225. The van der Waals surface area contributed by atoms with Crippen LogP contribution in [-0.2, 0) is 12.6 Å². The maximum atomic E-state index is 12.9. The van der Waals surface area contributed by atoms with Gasteiger partial charge >= 0.3 is 6.18 Å². The fourth-order valence-corrected chi connectivity index (χ4v) is 3.33. The zero-order valence-electron chi connectivity index (χ0n) is 14.5. The van der Waals surface area contributed by atoms with Crippen molar-refractivity contribution in [2.75, 3.05) is 5.32 Å². The molecule has 0 bridgehead atoms. The number of rotatable bonds is 5. The Morgan fingerprint density at radius 3 is 2.78 bits per heavy atom. The van der Waals surface area contributed by atoms with E-state index in [4.69, 9.17) is 0 Å². The van der Waals surface area contributed by atoms with Crippen molar-refractivity contribution in [2.24, 2.45) is 0 Å². The molecule has 0 radical (unpaired) electrons. The molecule has 0 spiro atoms. The Kier molecular flexibility index (Phi) is 5.26. The first-order chi connectivity index (χ1) is 12.8. The third-order valence-corrected chi connectivity index (χ3v) is 4.72. The molecule has 142 valence electrons. The number of anilines is 1. The largest absolute Gasteiger partial charge is 0.416 e. The Morgan fingerprint density at radius 2 is 2.07 bits per heavy atom. The van der Waals surface area contributed by atoms with Crippen molar-refractivity contribution in [3.05, 3.63) is 52.3 Å². The van der Waals surface area contributed by atoms with Gasteiger partial charge in [-0.2, -0.15) is 18.3 Å². The summed E-state index contributed by atoms with van der Waals surface area (Å²) in [6.07, 6.45) is -1.43. The van der Waals surface area contributed by atoms with Gasteiger partial charge in [0.25, 0.3) is 5.91 Å². The van der Waals surface area contributed by atoms with Crippen molar-refractivity contribution in [1.29, 1.82) is 0 Å². The number of hydrogen-bond donors (Lipinski definition) is 1. The normalized spacial score (nSPS) is 11.6. The molecule has 1 amide bonds. The highest BCUT2D eigenvalue weighted by Crippen LogP contribution is 2.30. The van der Waals surface area contributed by atoms with Gasteiger partial charge in [-0.15, -0.1) is 10.2 Å². The second-order valence-corrected chi connectivity index (χ2v) is 6.87. The second kappa shape index (κ2) is 7.47. The number of carbonyl (C=O) groups is 1. The van der Waals surface area contributed by atoms with Gasteiger partial charge in [0.1, 0.15) is 5.01 Å². The summed E-state index contributed by atoms with van der Waals surface area (Å²) in [5.74, 6) is -0.440. The summed E-state index contributed by atoms with van der Waals surface area (Å²) in [5, 5.41) is 15.8. The van der Waals surface area contributed by atoms with Gasteiger partial charge in [0.2, 0.25) is 5.13 Å². The van der Waals surface area contributed by atoms with Crippen LogP contribution in [0.25, 0.3) is 5.69 Å². The van der Waals surface area contributed by atoms with Gasteiger partial charge in [0.15, 0.2) is 0 Å². The number of alkyl halides is 3.